The van der Waals surface area contributed by atoms with Crippen LogP contribution in [0.25, 0.3) is 0 Å². The molecule has 0 saturated heterocycles. The molecule has 2 unspecified atom stereocenters. The summed E-state index contributed by atoms with van der Waals surface area (Å²) < 4.78 is 5.73. The Bertz CT molecular complexity index is 541. The van der Waals surface area contributed by atoms with E-state index < -0.39 is 0 Å². The number of carbonyl (C=O) groups excluding carboxylic acids is 1. The number of benzene rings is 1. The van der Waals surface area contributed by atoms with Gasteiger partial charge in [0.1, 0.15) is 17.8 Å². The highest BCUT2D eigenvalue weighted by Crippen LogP contribution is 2.25. The van der Waals surface area contributed by atoms with Gasteiger partial charge in [0.05, 0.1) is 0 Å². The molecule has 1 aromatic rings. The van der Waals surface area contributed by atoms with Crippen LogP contribution >= 0.6 is 0 Å². The Labute approximate surface area is 152 Å². The van der Waals surface area contributed by atoms with Gasteiger partial charge in [-0.25, -0.2) is 0 Å². The molecule has 1 aromatic carbocycles. The summed E-state index contributed by atoms with van der Waals surface area (Å²) in [5.41, 5.74) is 1.02. The van der Waals surface area contributed by atoms with Gasteiger partial charge in [-0.15, -0.1) is 6.58 Å². The topological polar surface area (TPSA) is 46.5 Å². The van der Waals surface area contributed by atoms with Crippen molar-refractivity contribution in [3.63, 3.8) is 0 Å². The largest absolute Gasteiger partial charge is 0.462 e. The maximum absolute atomic E-state index is 11.2. The van der Waals surface area contributed by atoms with Gasteiger partial charge in [-0.2, -0.15) is 0 Å². The van der Waals surface area contributed by atoms with Crippen molar-refractivity contribution in [2.45, 2.75) is 39.5 Å². The van der Waals surface area contributed by atoms with E-state index in [1.54, 1.807) is 0 Å². The van der Waals surface area contributed by atoms with Crippen molar-refractivity contribution < 1.29 is 14.6 Å². The van der Waals surface area contributed by atoms with Crippen molar-refractivity contribution in [1.29, 1.82) is 0 Å². The highest BCUT2D eigenvalue weighted by molar-refractivity contribution is 5.62. The number of aliphatic hydroxyl groups excluding tert-OH is 1. The van der Waals surface area contributed by atoms with E-state index >= 15 is 0 Å². The lowest BCUT2D eigenvalue weighted by molar-refractivity contribution is -0.109. The van der Waals surface area contributed by atoms with Gasteiger partial charge < -0.3 is 14.6 Å². The zero-order chi connectivity index (χ0) is 19.2. The van der Waals surface area contributed by atoms with Crippen LogP contribution in [0.3, 0.4) is 0 Å². The van der Waals surface area contributed by atoms with Gasteiger partial charge in [0.25, 0.3) is 0 Å². The molecule has 1 rings (SSSR count). The third-order valence-electron chi connectivity index (χ3n) is 3.89. The molecular weight excluding hydrogens is 312 g/mol. The molecule has 0 spiro atoms. The van der Waals surface area contributed by atoms with Crippen LogP contribution in [0.15, 0.2) is 61.4 Å². The SMILES string of the molecule is C=CC(/C=C\CC(=C)Oc1ccc(C(C=O)C(C)C)cc1)CC.CO. The minimum Gasteiger partial charge on any atom is -0.462 e. The van der Waals surface area contributed by atoms with E-state index in [4.69, 9.17) is 9.84 Å². The number of hydrogen-bond donors (Lipinski definition) is 1. The zero-order valence-electron chi connectivity index (χ0n) is 15.9. The Hall–Kier alpha value is -2.13. The standard InChI is InChI=1S/C21H28O2.CH4O/c1-6-18(7-2)10-8-9-17(5)23-20-13-11-19(12-14-20)21(15-22)16(3)4;1-2/h6,8,10-16,18,21H,1,5,7,9H2,2-4H3;2H,1H3/b10-8-;. The second-order valence-electron chi connectivity index (χ2n) is 6.06. The third kappa shape index (κ3) is 8.50. The summed E-state index contributed by atoms with van der Waals surface area (Å²) in [6, 6.07) is 7.67. The van der Waals surface area contributed by atoms with Gasteiger partial charge in [-0.05, 0) is 36.0 Å². The van der Waals surface area contributed by atoms with Crippen LogP contribution in [0.5, 0.6) is 5.75 Å². The maximum atomic E-state index is 11.2. The van der Waals surface area contributed by atoms with Crippen LogP contribution in [0.4, 0.5) is 0 Å². The van der Waals surface area contributed by atoms with E-state index in [-0.39, 0.29) is 11.8 Å². The molecule has 0 aromatic heterocycles. The molecule has 0 fully saturated rings. The van der Waals surface area contributed by atoms with Gasteiger partial charge in [0.2, 0.25) is 0 Å². The van der Waals surface area contributed by atoms with Crippen LogP contribution in [-0.2, 0) is 4.79 Å². The smallest absolute Gasteiger partial charge is 0.127 e. The third-order valence-corrected chi connectivity index (χ3v) is 3.89. The molecule has 138 valence electrons. The molecule has 0 amide bonds. The average molecular weight is 344 g/mol. The summed E-state index contributed by atoms with van der Waals surface area (Å²) in [5, 5.41) is 7.00. The van der Waals surface area contributed by atoms with Crippen molar-refractivity contribution in [2.24, 2.45) is 11.8 Å². The molecule has 3 nitrogen and oxygen atoms in total. The lowest BCUT2D eigenvalue weighted by atomic mass is 9.90. The van der Waals surface area contributed by atoms with Crippen LogP contribution in [0.1, 0.15) is 45.1 Å². The first-order valence-electron chi connectivity index (χ1n) is 8.66. The molecular formula is C22H32O3. The number of hydrogen-bond acceptors (Lipinski definition) is 3. The Kier molecular flexibility index (Phi) is 12.1. The van der Waals surface area contributed by atoms with E-state index in [2.05, 4.69) is 32.2 Å². The minimum absolute atomic E-state index is 0.0694. The van der Waals surface area contributed by atoms with Gasteiger partial charge in [-0.3, -0.25) is 0 Å². The summed E-state index contributed by atoms with van der Waals surface area (Å²) >= 11 is 0. The molecule has 0 aliphatic carbocycles. The number of ether oxygens (including phenoxy) is 1. The predicted octanol–water partition coefficient (Wildman–Crippen LogP) is 5.28. The van der Waals surface area contributed by atoms with Crippen LogP contribution in [0.2, 0.25) is 0 Å². The Morgan fingerprint density at radius 1 is 1.24 bits per heavy atom. The van der Waals surface area contributed by atoms with Crippen molar-refractivity contribution in [2.75, 3.05) is 7.11 Å². The van der Waals surface area contributed by atoms with E-state index in [1.807, 2.05) is 44.2 Å². The number of aliphatic hydroxyl groups is 1. The molecule has 0 aliphatic heterocycles. The zero-order valence-corrected chi connectivity index (χ0v) is 15.9. The second-order valence-corrected chi connectivity index (χ2v) is 6.06. The summed E-state index contributed by atoms with van der Waals surface area (Å²) in [6.07, 6.45) is 8.86. The van der Waals surface area contributed by atoms with Crippen LogP contribution in [-0.4, -0.2) is 18.5 Å². The fourth-order valence-corrected chi connectivity index (χ4v) is 2.34. The highest BCUT2D eigenvalue weighted by atomic mass is 16.5. The van der Waals surface area contributed by atoms with Crippen molar-refractivity contribution in [1.82, 2.24) is 0 Å². The lowest BCUT2D eigenvalue weighted by Gasteiger charge is -2.15. The predicted molar refractivity (Wildman–Crippen MR) is 106 cm³/mol. The summed E-state index contributed by atoms with van der Waals surface area (Å²) in [6.45, 7) is 14.0. The van der Waals surface area contributed by atoms with E-state index in [0.29, 0.717) is 18.1 Å². The Morgan fingerprint density at radius 3 is 2.28 bits per heavy atom. The summed E-state index contributed by atoms with van der Waals surface area (Å²) in [5.74, 6) is 2.06. The van der Waals surface area contributed by atoms with Crippen LogP contribution < -0.4 is 4.74 Å². The molecule has 0 radical (unpaired) electrons. The monoisotopic (exact) mass is 344 g/mol. The van der Waals surface area contributed by atoms with E-state index in [1.165, 1.54) is 0 Å². The second kappa shape index (κ2) is 13.2. The average Bonchev–Trinajstić information content (AvgIpc) is 2.62. The molecule has 0 saturated carbocycles. The van der Waals surface area contributed by atoms with Crippen molar-refractivity contribution in [3.8, 4) is 5.75 Å². The Balaban J connectivity index is 0.00000277. The van der Waals surface area contributed by atoms with Gasteiger partial charge in [0.15, 0.2) is 0 Å². The first-order valence-corrected chi connectivity index (χ1v) is 8.66. The summed E-state index contributed by atoms with van der Waals surface area (Å²) in [7, 11) is 1.00. The van der Waals surface area contributed by atoms with E-state index in [9.17, 15) is 4.79 Å². The first kappa shape index (κ1) is 22.9. The molecule has 0 aliphatic rings. The quantitative estimate of drug-likeness (QED) is 0.356. The molecule has 25 heavy (non-hydrogen) atoms. The molecule has 1 N–H and O–H groups in total. The molecule has 3 heteroatoms. The normalized spacial score (nSPS) is 12.9. The number of carbonyl (C=O) groups is 1. The number of rotatable bonds is 10. The molecule has 0 heterocycles. The van der Waals surface area contributed by atoms with Gasteiger partial charge in [0, 0.05) is 19.4 Å². The number of allylic oxidation sites excluding steroid dienone is 3. The molecule has 2 atom stereocenters. The number of aldehydes is 1. The fourth-order valence-electron chi connectivity index (χ4n) is 2.34. The van der Waals surface area contributed by atoms with Gasteiger partial charge >= 0.3 is 0 Å². The van der Waals surface area contributed by atoms with E-state index in [0.717, 1.165) is 31.1 Å². The van der Waals surface area contributed by atoms with Crippen molar-refractivity contribution in [3.05, 3.63) is 67.0 Å². The first-order chi connectivity index (χ1) is 12.0. The Morgan fingerprint density at radius 2 is 1.84 bits per heavy atom. The fraction of sp³-hybridized carbons (Fsp3) is 0.409. The van der Waals surface area contributed by atoms with Gasteiger partial charge in [-0.1, -0.05) is 57.7 Å². The maximum Gasteiger partial charge on any atom is 0.127 e. The minimum atomic E-state index is -0.0694. The molecule has 0 bridgehead atoms. The van der Waals surface area contributed by atoms with Crippen molar-refractivity contribution >= 4 is 6.29 Å². The highest BCUT2D eigenvalue weighted by Gasteiger charge is 2.14. The van der Waals surface area contributed by atoms with Crippen LogP contribution in [0, 0.1) is 11.8 Å². The summed E-state index contributed by atoms with van der Waals surface area (Å²) in [4.78, 5) is 11.2. The lowest BCUT2D eigenvalue weighted by Crippen LogP contribution is -2.07.